The van der Waals surface area contributed by atoms with E-state index >= 15 is 0 Å². The molecule has 4 saturated carbocycles. The highest BCUT2D eigenvalue weighted by Crippen LogP contribution is 2.66. The topological polar surface area (TPSA) is 75.7 Å². The van der Waals surface area contributed by atoms with Crippen LogP contribution in [0.4, 0.5) is 0 Å². The van der Waals surface area contributed by atoms with Crippen molar-refractivity contribution >= 4 is 0 Å². The molecule has 4 heteroatoms. The van der Waals surface area contributed by atoms with Crippen LogP contribution in [-0.4, -0.2) is 41.7 Å². The van der Waals surface area contributed by atoms with E-state index in [-0.39, 0.29) is 29.1 Å². The first-order valence-electron chi connectivity index (χ1n) is 10.6. The normalized spacial score (nSPS) is 55.3. The smallest absolute Gasteiger partial charge is 0.0596 e. The predicted molar refractivity (Wildman–Crippen MR) is 97.9 cm³/mol. The van der Waals surface area contributed by atoms with E-state index in [4.69, 9.17) is 10.5 Å². The molecule has 0 spiro atoms. The first-order valence-corrected chi connectivity index (χ1v) is 10.6. The summed E-state index contributed by atoms with van der Waals surface area (Å²) in [5.41, 5.74) is 5.92. The number of aliphatic hydroxyl groups excluding tert-OH is 2. The van der Waals surface area contributed by atoms with Gasteiger partial charge in [-0.3, -0.25) is 0 Å². The average molecular weight is 352 g/mol. The first kappa shape index (κ1) is 18.2. The van der Waals surface area contributed by atoms with Crippen LogP contribution in [0.15, 0.2) is 0 Å². The van der Waals surface area contributed by atoms with Crippen molar-refractivity contribution in [2.75, 3.05) is 13.2 Å². The second kappa shape index (κ2) is 6.47. The van der Waals surface area contributed by atoms with Gasteiger partial charge in [0.1, 0.15) is 0 Å². The molecule has 4 rings (SSSR count). The first-order chi connectivity index (χ1) is 11.9. The molecule has 4 aliphatic rings. The molecule has 0 aromatic carbocycles. The summed E-state index contributed by atoms with van der Waals surface area (Å²) >= 11 is 0. The van der Waals surface area contributed by atoms with Crippen molar-refractivity contribution in [3.63, 3.8) is 0 Å². The zero-order valence-corrected chi connectivity index (χ0v) is 16.0. The van der Waals surface area contributed by atoms with Crippen LogP contribution in [0.3, 0.4) is 0 Å². The molecular formula is C21H37NO3. The maximum absolute atomic E-state index is 11.1. The summed E-state index contributed by atoms with van der Waals surface area (Å²) in [6.07, 6.45) is 8.60. The third kappa shape index (κ3) is 2.70. The molecule has 9 atom stereocenters. The highest BCUT2D eigenvalue weighted by atomic mass is 16.5. The van der Waals surface area contributed by atoms with Crippen LogP contribution in [0.2, 0.25) is 0 Å². The molecule has 4 unspecified atom stereocenters. The van der Waals surface area contributed by atoms with Crippen LogP contribution in [-0.2, 0) is 4.74 Å². The lowest BCUT2D eigenvalue weighted by molar-refractivity contribution is -0.179. The zero-order chi connectivity index (χ0) is 17.8. The van der Waals surface area contributed by atoms with Crippen LogP contribution in [0.1, 0.15) is 65.2 Å². The summed E-state index contributed by atoms with van der Waals surface area (Å²) in [4.78, 5) is 0. The van der Waals surface area contributed by atoms with E-state index in [0.29, 0.717) is 36.8 Å². The minimum Gasteiger partial charge on any atom is -0.393 e. The van der Waals surface area contributed by atoms with Gasteiger partial charge in [0.15, 0.2) is 0 Å². The van der Waals surface area contributed by atoms with Gasteiger partial charge in [-0.05, 0) is 85.9 Å². The third-order valence-electron chi connectivity index (χ3n) is 9.05. The van der Waals surface area contributed by atoms with Crippen molar-refractivity contribution in [1.82, 2.24) is 0 Å². The van der Waals surface area contributed by atoms with Crippen molar-refractivity contribution in [2.45, 2.75) is 83.5 Å². The van der Waals surface area contributed by atoms with E-state index in [1.54, 1.807) is 0 Å². The fraction of sp³-hybridized carbons (Fsp3) is 1.00. The Kier molecular flexibility index (Phi) is 4.71. The molecule has 0 bridgehead atoms. The zero-order valence-electron chi connectivity index (χ0n) is 16.0. The quantitative estimate of drug-likeness (QED) is 0.731. The Morgan fingerprint density at radius 1 is 0.920 bits per heavy atom. The largest absolute Gasteiger partial charge is 0.393 e. The fourth-order valence-electron chi connectivity index (χ4n) is 7.62. The van der Waals surface area contributed by atoms with E-state index in [2.05, 4.69) is 13.8 Å². The molecule has 0 radical (unpaired) electrons. The molecule has 0 saturated heterocycles. The number of aliphatic hydroxyl groups is 2. The SMILES string of the molecule is C[C@]12CCC(OCCN)CC1C(O)C[C@@H]1[C@H]2CC[C@]2(C)C(O)CC[C@@H]12. The number of fused-ring (bicyclic) bond motifs is 5. The lowest BCUT2D eigenvalue weighted by Crippen LogP contribution is -2.58. The predicted octanol–water partition coefficient (Wildman–Crippen LogP) is 2.70. The van der Waals surface area contributed by atoms with E-state index in [1.807, 2.05) is 0 Å². The minimum atomic E-state index is -0.212. The molecule has 0 amide bonds. The molecule has 0 aromatic heterocycles. The Hall–Kier alpha value is -0.160. The molecule has 4 fully saturated rings. The number of nitrogens with two attached hydrogens (primary N) is 1. The maximum Gasteiger partial charge on any atom is 0.0596 e. The standard InChI is InChI=1S/C21H37NO3/c1-20-7-5-13(25-10-9-22)11-17(20)18(23)12-14-15-3-4-19(24)21(15,2)8-6-16(14)20/h13-19,23-24H,3-12,22H2,1-2H3/t13?,14-,15-,16+,17?,18?,19?,20+,21-/m0/s1. The van der Waals surface area contributed by atoms with E-state index in [9.17, 15) is 10.2 Å². The molecule has 0 heterocycles. The summed E-state index contributed by atoms with van der Waals surface area (Å²) in [7, 11) is 0. The number of hydrogen-bond acceptors (Lipinski definition) is 4. The molecule has 144 valence electrons. The van der Waals surface area contributed by atoms with Gasteiger partial charge in [0.05, 0.1) is 24.9 Å². The lowest BCUT2D eigenvalue weighted by Gasteiger charge is -2.62. The van der Waals surface area contributed by atoms with Gasteiger partial charge in [0, 0.05) is 6.54 Å². The van der Waals surface area contributed by atoms with E-state index < -0.39 is 0 Å². The van der Waals surface area contributed by atoms with Crippen molar-refractivity contribution in [2.24, 2.45) is 40.2 Å². The summed E-state index contributed by atoms with van der Waals surface area (Å²) in [5, 5.41) is 21.6. The average Bonchev–Trinajstić information content (AvgIpc) is 2.89. The van der Waals surface area contributed by atoms with Crippen molar-refractivity contribution in [3.05, 3.63) is 0 Å². The van der Waals surface area contributed by atoms with Crippen molar-refractivity contribution in [3.8, 4) is 0 Å². The van der Waals surface area contributed by atoms with Crippen molar-refractivity contribution in [1.29, 1.82) is 0 Å². The van der Waals surface area contributed by atoms with E-state index in [0.717, 1.165) is 44.9 Å². The van der Waals surface area contributed by atoms with Crippen LogP contribution in [0, 0.1) is 34.5 Å². The minimum absolute atomic E-state index is 0.0888. The second-order valence-electron chi connectivity index (χ2n) is 9.99. The molecule has 4 aliphatic carbocycles. The Morgan fingerprint density at radius 2 is 1.64 bits per heavy atom. The second-order valence-corrected chi connectivity index (χ2v) is 9.99. The van der Waals surface area contributed by atoms with Gasteiger partial charge in [-0.15, -0.1) is 0 Å². The Morgan fingerprint density at radius 3 is 2.40 bits per heavy atom. The summed E-state index contributed by atoms with van der Waals surface area (Å²) < 4.78 is 5.94. The highest BCUT2D eigenvalue weighted by molar-refractivity contribution is 5.11. The Balaban J connectivity index is 1.55. The highest BCUT2D eigenvalue weighted by Gasteiger charge is 2.61. The lowest BCUT2D eigenvalue weighted by atomic mass is 9.44. The molecular weight excluding hydrogens is 314 g/mol. The third-order valence-corrected chi connectivity index (χ3v) is 9.05. The van der Waals surface area contributed by atoms with Gasteiger partial charge in [-0.1, -0.05) is 13.8 Å². The molecule has 0 aromatic rings. The summed E-state index contributed by atoms with van der Waals surface area (Å²) in [5.74, 6) is 2.26. The van der Waals surface area contributed by atoms with Crippen molar-refractivity contribution < 1.29 is 14.9 Å². The number of hydrogen-bond donors (Lipinski definition) is 3. The monoisotopic (exact) mass is 351 g/mol. The molecule has 25 heavy (non-hydrogen) atoms. The van der Waals surface area contributed by atoms with E-state index in [1.165, 1.54) is 6.42 Å². The van der Waals surface area contributed by atoms with Gasteiger partial charge >= 0.3 is 0 Å². The Labute approximate surface area is 152 Å². The molecule has 4 nitrogen and oxygen atoms in total. The van der Waals surface area contributed by atoms with Gasteiger partial charge in [-0.25, -0.2) is 0 Å². The Bertz CT molecular complexity index is 500. The summed E-state index contributed by atoms with van der Waals surface area (Å²) in [6.45, 7) is 5.97. The number of ether oxygens (including phenoxy) is 1. The van der Waals surface area contributed by atoms with Gasteiger partial charge in [-0.2, -0.15) is 0 Å². The van der Waals surface area contributed by atoms with Crippen LogP contribution >= 0.6 is 0 Å². The van der Waals surface area contributed by atoms with Crippen LogP contribution in [0.25, 0.3) is 0 Å². The molecule has 0 aliphatic heterocycles. The summed E-state index contributed by atoms with van der Waals surface area (Å²) in [6, 6.07) is 0. The van der Waals surface area contributed by atoms with Crippen LogP contribution in [0.5, 0.6) is 0 Å². The maximum atomic E-state index is 11.1. The van der Waals surface area contributed by atoms with Gasteiger partial charge < -0.3 is 20.7 Å². The molecule has 4 N–H and O–H groups in total. The van der Waals surface area contributed by atoms with Crippen LogP contribution < -0.4 is 5.73 Å². The fourth-order valence-corrected chi connectivity index (χ4v) is 7.62. The van der Waals surface area contributed by atoms with Gasteiger partial charge in [0.25, 0.3) is 0 Å². The van der Waals surface area contributed by atoms with Gasteiger partial charge in [0.2, 0.25) is 0 Å². The number of rotatable bonds is 3.